The molecule has 1 amide bonds. The highest BCUT2D eigenvalue weighted by atomic mass is 32.1. The molecule has 1 unspecified atom stereocenters. The zero-order chi connectivity index (χ0) is 19.1. The lowest BCUT2D eigenvalue weighted by atomic mass is 10.0. The first-order chi connectivity index (χ1) is 13.1. The average Bonchev–Trinajstić information content (AvgIpc) is 3.04. The number of amides is 1. The van der Waals surface area contributed by atoms with Crippen molar-refractivity contribution in [2.45, 2.75) is 58.4 Å². The Balaban J connectivity index is 1.41. The maximum atomic E-state index is 12.5. The summed E-state index contributed by atoms with van der Waals surface area (Å²) in [5.74, 6) is 0.0238. The zero-order valence-electron chi connectivity index (χ0n) is 16.5. The minimum absolute atomic E-state index is 0.0238. The number of nitrogens with zero attached hydrogens (tertiary/aromatic N) is 2. The van der Waals surface area contributed by atoms with E-state index in [1.54, 1.807) is 0 Å². The second kappa shape index (κ2) is 10.00. The number of carbonyl (C=O) groups is 1. The number of hydrogen-bond acceptors (Lipinski definition) is 4. The Morgan fingerprint density at radius 3 is 2.85 bits per heavy atom. The van der Waals surface area contributed by atoms with E-state index in [4.69, 9.17) is 0 Å². The van der Waals surface area contributed by atoms with Gasteiger partial charge in [-0.2, -0.15) is 0 Å². The van der Waals surface area contributed by atoms with E-state index in [9.17, 15) is 4.79 Å². The molecule has 1 aromatic carbocycles. The maximum Gasteiger partial charge on any atom is 0.263 e. The fraction of sp³-hybridized carbons (Fsp3) is 0.545. The van der Waals surface area contributed by atoms with E-state index in [0.29, 0.717) is 0 Å². The van der Waals surface area contributed by atoms with Crippen LogP contribution in [0.1, 0.15) is 65.0 Å². The minimum atomic E-state index is 0.0238. The predicted molar refractivity (Wildman–Crippen MR) is 113 cm³/mol. The molecule has 1 atom stereocenters. The molecule has 2 heterocycles. The number of carbonyl (C=O) groups excluding carboxylic acids is 1. The molecule has 146 valence electrons. The third kappa shape index (κ3) is 5.88. The number of piperidine rings is 1. The molecule has 4 nitrogen and oxygen atoms in total. The van der Waals surface area contributed by atoms with E-state index in [1.807, 2.05) is 25.1 Å². The van der Waals surface area contributed by atoms with Crippen molar-refractivity contribution in [2.75, 3.05) is 19.6 Å². The average molecular weight is 386 g/mol. The van der Waals surface area contributed by atoms with Crippen LogP contribution in [0.3, 0.4) is 0 Å². The largest absolute Gasteiger partial charge is 0.351 e. The molecule has 5 heteroatoms. The molecule has 3 rings (SSSR count). The second-order valence-corrected chi connectivity index (χ2v) is 8.61. The minimum Gasteiger partial charge on any atom is -0.351 e. The van der Waals surface area contributed by atoms with Crippen molar-refractivity contribution in [2.24, 2.45) is 0 Å². The molecule has 0 spiro atoms. The van der Waals surface area contributed by atoms with E-state index in [1.165, 1.54) is 42.7 Å². The van der Waals surface area contributed by atoms with Gasteiger partial charge in [0.2, 0.25) is 0 Å². The molecule has 1 aliphatic heterocycles. The van der Waals surface area contributed by atoms with E-state index in [-0.39, 0.29) is 5.91 Å². The first-order valence-corrected chi connectivity index (χ1v) is 11.0. The van der Waals surface area contributed by atoms with Crippen LogP contribution in [0.25, 0.3) is 0 Å². The second-order valence-electron chi connectivity index (χ2n) is 7.53. The Bertz CT molecular complexity index is 728. The monoisotopic (exact) mass is 385 g/mol. The summed E-state index contributed by atoms with van der Waals surface area (Å²) < 4.78 is 0. The first-order valence-electron chi connectivity index (χ1n) is 10.2. The van der Waals surface area contributed by atoms with Gasteiger partial charge >= 0.3 is 0 Å². The number of unbranched alkanes of at least 4 members (excludes halogenated alkanes) is 1. The van der Waals surface area contributed by atoms with Crippen LogP contribution in [0.5, 0.6) is 0 Å². The molecular weight excluding hydrogens is 354 g/mol. The summed E-state index contributed by atoms with van der Waals surface area (Å²) in [7, 11) is 0. The highest BCUT2D eigenvalue weighted by Crippen LogP contribution is 2.21. The van der Waals surface area contributed by atoms with Crippen molar-refractivity contribution < 1.29 is 4.79 Å². The number of hydrogen-bond donors (Lipinski definition) is 1. The number of aryl methyl sites for hydroxylation is 1. The van der Waals surface area contributed by atoms with E-state index < -0.39 is 0 Å². The summed E-state index contributed by atoms with van der Waals surface area (Å²) in [6, 6.07) is 11.0. The SMILES string of the molecule is Cc1nc(Cc2ccccc2)sc1C(=O)NCCCCN1CCCCC1C. The van der Waals surface area contributed by atoms with Crippen LogP contribution in [-0.2, 0) is 6.42 Å². The molecule has 1 fully saturated rings. The molecule has 1 saturated heterocycles. The van der Waals surface area contributed by atoms with Gasteiger partial charge in [-0.15, -0.1) is 11.3 Å². The summed E-state index contributed by atoms with van der Waals surface area (Å²) in [6.07, 6.45) is 6.99. The number of thiazole rings is 1. The van der Waals surface area contributed by atoms with Crippen molar-refractivity contribution in [3.05, 3.63) is 51.5 Å². The summed E-state index contributed by atoms with van der Waals surface area (Å²) in [6.45, 7) is 7.39. The Kier molecular flexibility index (Phi) is 7.41. The van der Waals surface area contributed by atoms with Crippen molar-refractivity contribution >= 4 is 17.2 Å². The highest BCUT2D eigenvalue weighted by Gasteiger charge is 2.18. The van der Waals surface area contributed by atoms with Crippen LogP contribution >= 0.6 is 11.3 Å². The maximum absolute atomic E-state index is 12.5. The van der Waals surface area contributed by atoms with E-state index in [0.717, 1.165) is 54.0 Å². The van der Waals surface area contributed by atoms with Crippen LogP contribution in [0, 0.1) is 6.92 Å². The number of rotatable bonds is 8. The quantitative estimate of drug-likeness (QED) is 0.684. The van der Waals surface area contributed by atoms with Crippen molar-refractivity contribution in [1.82, 2.24) is 15.2 Å². The van der Waals surface area contributed by atoms with Crippen LogP contribution < -0.4 is 5.32 Å². The molecule has 0 radical (unpaired) electrons. The lowest BCUT2D eigenvalue weighted by Crippen LogP contribution is -2.38. The summed E-state index contributed by atoms with van der Waals surface area (Å²) in [4.78, 5) is 20.4. The topological polar surface area (TPSA) is 45.2 Å². The van der Waals surface area contributed by atoms with E-state index >= 15 is 0 Å². The number of benzene rings is 1. The van der Waals surface area contributed by atoms with Gasteiger partial charge in [0.1, 0.15) is 4.88 Å². The van der Waals surface area contributed by atoms with Gasteiger partial charge in [0.15, 0.2) is 0 Å². The van der Waals surface area contributed by atoms with Gasteiger partial charge in [0.05, 0.1) is 10.7 Å². The smallest absolute Gasteiger partial charge is 0.263 e. The van der Waals surface area contributed by atoms with Gasteiger partial charge < -0.3 is 10.2 Å². The van der Waals surface area contributed by atoms with Crippen LogP contribution in [0.4, 0.5) is 0 Å². The van der Waals surface area contributed by atoms with Gasteiger partial charge in [-0.3, -0.25) is 4.79 Å². The van der Waals surface area contributed by atoms with Gasteiger partial charge in [0.25, 0.3) is 5.91 Å². The highest BCUT2D eigenvalue weighted by molar-refractivity contribution is 7.13. The summed E-state index contributed by atoms with van der Waals surface area (Å²) in [5.41, 5.74) is 2.07. The van der Waals surface area contributed by atoms with Gasteiger partial charge in [-0.05, 0) is 58.2 Å². The molecule has 0 saturated carbocycles. The van der Waals surface area contributed by atoms with Crippen molar-refractivity contribution in [1.29, 1.82) is 0 Å². The molecule has 2 aromatic rings. The van der Waals surface area contributed by atoms with Crippen molar-refractivity contribution in [3.63, 3.8) is 0 Å². The number of likely N-dealkylation sites (tertiary alicyclic amines) is 1. The number of aromatic nitrogens is 1. The molecule has 0 bridgehead atoms. The molecular formula is C22H31N3OS. The van der Waals surface area contributed by atoms with Gasteiger partial charge in [-0.1, -0.05) is 36.8 Å². The lowest BCUT2D eigenvalue weighted by Gasteiger charge is -2.33. The standard InChI is InChI=1S/C22H31N3OS/c1-17-10-6-8-14-25(17)15-9-7-13-23-22(26)21-18(2)24-20(27-21)16-19-11-4-3-5-12-19/h3-5,11-12,17H,6-10,13-16H2,1-2H3,(H,23,26). The Hall–Kier alpha value is -1.72. The Morgan fingerprint density at radius 1 is 1.26 bits per heavy atom. The van der Waals surface area contributed by atoms with Gasteiger partial charge in [-0.25, -0.2) is 4.98 Å². The van der Waals surface area contributed by atoms with Crippen LogP contribution in [-0.4, -0.2) is 41.5 Å². The Morgan fingerprint density at radius 2 is 2.07 bits per heavy atom. The van der Waals surface area contributed by atoms with E-state index in [2.05, 4.69) is 34.3 Å². The normalized spacial score (nSPS) is 17.8. The molecule has 0 aliphatic carbocycles. The molecule has 27 heavy (non-hydrogen) atoms. The van der Waals surface area contributed by atoms with Gasteiger partial charge in [0, 0.05) is 19.0 Å². The molecule has 1 aliphatic rings. The van der Waals surface area contributed by atoms with Crippen molar-refractivity contribution in [3.8, 4) is 0 Å². The third-order valence-electron chi connectivity index (χ3n) is 5.34. The first kappa shape index (κ1) is 20.0. The fourth-order valence-electron chi connectivity index (χ4n) is 3.72. The molecule has 1 aromatic heterocycles. The summed E-state index contributed by atoms with van der Waals surface area (Å²) in [5, 5.41) is 4.08. The number of nitrogens with one attached hydrogen (secondary N) is 1. The third-order valence-corrected chi connectivity index (χ3v) is 6.50. The zero-order valence-corrected chi connectivity index (χ0v) is 17.4. The van der Waals surface area contributed by atoms with Crippen LogP contribution in [0.2, 0.25) is 0 Å². The van der Waals surface area contributed by atoms with Crippen LogP contribution in [0.15, 0.2) is 30.3 Å². The molecule has 1 N–H and O–H groups in total. The lowest BCUT2D eigenvalue weighted by molar-refractivity contribution is 0.0955. The predicted octanol–water partition coefficient (Wildman–Crippen LogP) is 4.43. The Labute approximate surface area is 167 Å². The fourth-order valence-corrected chi connectivity index (χ4v) is 4.74. The summed E-state index contributed by atoms with van der Waals surface area (Å²) >= 11 is 1.52.